The van der Waals surface area contributed by atoms with Crippen molar-refractivity contribution >= 4 is 17.4 Å². The van der Waals surface area contributed by atoms with Gasteiger partial charge >= 0.3 is 0 Å². The molecule has 1 atom stereocenters. The lowest BCUT2D eigenvalue weighted by Gasteiger charge is -2.28. The average molecular weight is 469 g/mol. The van der Waals surface area contributed by atoms with Crippen LogP contribution in [0, 0.1) is 0 Å². The molecule has 1 heterocycles. The van der Waals surface area contributed by atoms with Crippen LogP contribution in [0.15, 0.2) is 48.0 Å². The largest absolute Gasteiger partial charge is 0.872 e. The predicted molar refractivity (Wildman–Crippen MR) is 126 cm³/mol. The summed E-state index contributed by atoms with van der Waals surface area (Å²) in [6, 6.07) is 10.9. The zero-order valence-electron chi connectivity index (χ0n) is 20.3. The molecule has 8 heteroatoms. The molecule has 1 amide bonds. The highest BCUT2D eigenvalue weighted by atomic mass is 16.5. The smallest absolute Gasteiger partial charge is 0.295 e. The molecule has 0 aromatic heterocycles. The second-order valence-electron chi connectivity index (χ2n) is 8.42. The first-order chi connectivity index (χ1) is 16.3. The molecule has 1 aliphatic heterocycles. The van der Waals surface area contributed by atoms with Gasteiger partial charge in [-0.15, -0.1) is 0 Å². The van der Waals surface area contributed by atoms with Crippen LogP contribution in [0.5, 0.6) is 17.2 Å². The maximum absolute atomic E-state index is 13.5. The third-order valence-electron chi connectivity index (χ3n) is 5.70. The highest BCUT2D eigenvalue weighted by Gasteiger charge is 2.44. The molecule has 1 saturated heterocycles. The van der Waals surface area contributed by atoms with E-state index in [2.05, 4.69) is 0 Å². The molecule has 0 radical (unpaired) electrons. The molecular weight excluding hydrogens is 436 g/mol. The number of likely N-dealkylation sites (tertiary alicyclic amines) is 1. The second kappa shape index (κ2) is 11.1. The van der Waals surface area contributed by atoms with Crippen molar-refractivity contribution in [3.63, 3.8) is 0 Å². The molecular formula is C26H32N2O6. The summed E-state index contributed by atoms with van der Waals surface area (Å²) in [6.07, 6.45) is 0.839. The predicted octanol–water partition coefficient (Wildman–Crippen LogP) is 0.861. The molecule has 34 heavy (non-hydrogen) atoms. The number of Topliss-reactive ketones (excluding diaryl/α,β-unsaturated/α-hetero) is 1. The Morgan fingerprint density at radius 3 is 2.32 bits per heavy atom. The molecule has 1 fully saturated rings. The van der Waals surface area contributed by atoms with Gasteiger partial charge in [0.1, 0.15) is 5.75 Å². The van der Waals surface area contributed by atoms with Crippen LogP contribution in [0.25, 0.3) is 5.76 Å². The van der Waals surface area contributed by atoms with Crippen molar-refractivity contribution in [2.24, 2.45) is 0 Å². The fraction of sp³-hybridized carbons (Fsp3) is 0.385. The van der Waals surface area contributed by atoms with E-state index in [4.69, 9.17) is 14.2 Å². The van der Waals surface area contributed by atoms with E-state index in [-0.39, 0.29) is 5.57 Å². The number of amides is 1. The highest BCUT2D eigenvalue weighted by Crippen LogP contribution is 2.41. The molecule has 1 aliphatic rings. The number of quaternary nitrogens is 1. The van der Waals surface area contributed by atoms with Crippen LogP contribution in [0.2, 0.25) is 0 Å². The van der Waals surface area contributed by atoms with Gasteiger partial charge in [-0.1, -0.05) is 30.9 Å². The van der Waals surface area contributed by atoms with E-state index in [9.17, 15) is 14.7 Å². The van der Waals surface area contributed by atoms with E-state index in [0.717, 1.165) is 11.3 Å². The number of carbonyl (C=O) groups is 2. The summed E-state index contributed by atoms with van der Waals surface area (Å²) in [4.78, 5) is 28.7. The molecule has 1 N–H and O–H groups in total. The normalized spacial score (nSPS) is 17.4. The minimum absolute atomic E-state index is 0.0618. The molecule has 0 aliphatic carbocycles. The minimum atomic E-state index is -0.817. The van der Waals surface area contributed by atoms with Gasteiger partial charge in [0.25, 0.3) is 5.91 Å². The molecule has 2 aromatic rings. The first-order valence-corrected chi connectivity index (χ1v) is 11.3. The van der Waals surface area contributed by atoms with Gasteiger partial charge in [-0.3, -0.25) is 9.59 Å². The standard InChI is InChI=1S/C26H32N2O6/c1-6-15-34-20-12-9-18(16-21(20)33-5)23-22(24(29)17-7-10-19(32-4)11-8-17)25(30)26(31)28(23)14-13-27(2)3/h7-12,16,23,29H,6,13-15H2,1-5H3. The van der Waals surface area contributed by atoms with Crippen molar-refractivity contribution in [2.75, 3.05) is 48.0 Å². The highest BCUT2D eigenvalue weighted by molar-refractivity contribution is 6.46. The lowest BCUT2D eigenvalue weighted by molar-refractivity contribution is -0.857. The maximum Gasteiger partial charge on any atom is 0.295 e. The first kappa shape index (κ1) is 25.1. The number of nitrogens with zero attached hydrogens (tertiary/aromatic N) is 1. The molecule has 0 bridgehead atoms. The van der Waals surface area contributed by atoms with Gasteiger partial charge in [0, 0.05) is 5.57 Å². The van der Waals surface area contributed by atoms with E-state index in [1.807, 2.05) is 21.0 Å². The Labute approximate surface area is 200 Å². The summed E-state index contributed by atoms with van der Waals surface area (Å²) in [5.41, 5.74) is 0.871. The molecule has 1 unspecified atom stereocenters. The molecule has 3 rings (SSSR count). The second-order valence-corrected chi connectivity index (χ2v) is 8.42. The van der Waals surface area contributed by atoms with Crippen LogP contribution in [-0.2, 0) is 9.59 Å². The summed E-state index contributed by atoms with van der Waals surface area (Å²) in [5.74, 6) is -0.285. The van der Waals surface area contributed by atoms with Gasteiger partial charge in [-0.05, 0) is 41.8 Å². The fourth-order valence-corrected chi connectivity index (χ4v) is 3.87. The Hall–Kier alpha value is -3.52. The number of rotatable bonds is 10. The summed E-state index contributed by atoms with van der Waals surface area (Å²) in [7, 11) is 7.00. The van der Waals surface area contributed by atoms with Crippen LogP contribution < -0.4 is 24.2 Å². The van der Waals surface area contributed by atoms with Crippen LogP contribution in [0.1, 0.15) is 30.5 Å². The Kier molecular flexibility index (Phi) is 8.17. The first-order valence-electron chi connectivity index (χ1n) is 11.3. The molecule has 8 nitrogen and oxygen atoms in total. The quantitative estimate of drug-likeness (QED) is 0.316. The number of nitrogens with one attached hydrogen (secondary N) is 1. The fourth-order valence-electron chi connectivity index (χ4n) is 3.87. The Bertz CT molecular complexity index is 1060. The van der Waals surface area contributed by atoms with E-state index >= 15 is 0 Å². The molecule has 0 spiro atoms. The lowest BCUT2D eigenvalue weighted by Crippen LogP contribution is -3.06. The van der Waals surface area contributed by atoms with Crippen molar-refractivity contribution in [3.05, 3.63) is 59.2 Å². The number of ketones is 1. The van der Waals surface area contributed by atoms with E-state index in [1.54, 1.807) is 42.5 Å². The van der Waals surface area contributed by atoms with E-state index < -0.39 is 23.5 Å². The number of hydrogen-bond acceptors (Lipinski definition) is 6. The monoisotopic (exact) mass is 468 g/mol. The van der Waals surface area contributed by atoms with Gasteiger partial charge in [0.15, 0.2) is 11.5 Å². The number of carbonyl (C=O) groups excluding carboxylic acids is 2. The Balaban J connectivity index is 2.13. The number of methoxy groups -OCH3 is 2. The summed E-state index contributed by atoms with van der Waals surface area (Å²) >= 11 is 0. The Morgan fingerprint density at radius 2 is 1.74 bits per heavy atom. The van der Waals surface area contributed by atoms with Gasteiger partial charge in [-0.25, -0.2) is 0 Å². The molecule has 0 saturated carbocycles. The minimum Gasteiger partial charge on any atom is -0.872 e. The van der Waals surface area contributed by atoms with Crippen molar-refractivity contribution in [3.8, 4) is 17.2 Å². The van der Waals surface area contributed by atoms with Crippen molar-refractivity contribution < 1.29 is 33.8 Å². The van der Waals surface area contributed by atoms with Crippen LogP contribution in [-0.4, -0.2) is 64.6 Å². The number of hydrogen-bond donors (Lipinski definition) is 1. The number of benzene rings is 2. The zero-order valence-corrected chi connectivity index (χ0v) is 20.3. The van der Waals surface area contributed by atoms with Crippen LogP contribution in [0.4, 0.5) is 0 Å². The third kappa shape index (κ3) is 5.17. The SMILES string of the molecule is CCCOc1ccc(C2C(=C([O-])c3ccc(OC)cc3)C(=O)C(=O)N2CC[NH+](C)C)cc1OC. The summed E-state index contributed by atoms with van der Waals surface area (Å²) in [6.45, 7) is 3.48. The van der Waals surface area contributed by atoms with Crippen molar-refractivity contribution in [1.82, 2.24) is 4.90 Å². The lowest BCUT2D eigenvalue weighted by atomic mass is 9.95. The van der Waals surface area contributed by atoms with Gasteiger partial charge in [0.05, 0.1) is 54.1 Å². The van der Waals surface area contributed by atoms with Gasteiger partial charge < -0.3 is 29.1 Å². The van der Waals surface area contributed by atoms with E-state index in [0.29, 0.717) is 48.1 Å². The topological polar surface area (TPSA) is 92.6 Å². The summed E-state index contributed by atoms with van der Waals surface area (Å²) < 4.78 is 16.4. The van der Waals surface area contributed by atoms with E-state index in [1.165, 1.54) is 19.1 Å². The maximum atomic E-state index is 13.5. The zero-order chi connectivity index (χ0) is 24.8. The van der Waals surface area contributed by atoms with Gasteiger partial charge in [0.2, 0.25) is 5.78 Å². The number of likely N-dealkylation sites (N-methyl/N-ethyl adjacent to an activating group) is 1. The molecule has 182 valence electrons. The van der Waals surface area contributed by atoms with Crippen molar-refractivity contribution in [1.29, 1.82) is 0 Å². The van der Waals surface area contributed by atoms with Crippen LogP contribution in [0.3, 0.4) is 0 Å². The number of ether oxygens (including phenoxy) is 3. The van der Waals surface area contributed by atoms with Crippen LogP contribution >= 0.6 is 0 Å². The average Bonchev–Trinajstić information content (AvgIpc) is 3.10. The van der Waals surface area contributed by atoms with Gasteiger partial charge in [-0.2, -0.15) is 0 Å². The molecule has 2 aromatic carbocycles. The van der Waals surface area contributed by atoms with Crippen molar-refractivity contribution in [2.45, 2.75) is 19.4 Å². The third-order valence-corrected chi connectivity index (χ3v) is 5.70. The summed E-state index contributed by atoms with van der Waals surface area (Å²) in [5, 5.41) is 13.5. The Morgan fingerprint density at radius 1 is 1.03 bits per heavy atom.